The lowest BCUT2D eigenvalue weighted by Crippen LogP contribution is -2.05. The van der Waals surface area contributed by atoms with E-state index in [0.717, 1.165) is 27.8 Å². The maximum Gasteiger partial charge on any atom is 0.196 e. The minimum absolute atomic E-state index is 0.101. The largest absolute Gasteiger partial charge is 0.293 e. The molecule has 0 N–H and O–H groups in total. The Morgan fingerprint density at radius 1 is 1.00 bits per heavy atom. The lowest BCUT2D eigenvalue weighted by molar-refractivity contribution is 0.102. The molecule has 0 amide bonds. The Morgan fingerprint density at radius 3 is 2.52 bits per heavy atom. The smallest absolute Gasteiger partial charge is 0.196 e. The minimum Gasteiger partial charge on any atom is -0.293 e. The molecule has 0 fully saturated rings. The summed E-state index contributed by atoms with van der Waals surface area (Å²) in [6, 6.07) is 14.0. The zero-order valence-electron chi connectivity index (χ0n) is 14.9. The van der Waals surface area contributed by atoms with E-state index in [1.807, 2.05) is 55.7 Å². The highest BCUT2D eigenvalue weighted by atomic mass is 32.2. The molecule has 1 heterocycles. The lowest BCUT2D eigenvalue weighted by atomic mass is 10.0. The molecule has 2 aromatic carbocycles. The van der Waals surface area contributed by atoms with Crippen molar-refractivity contribution < 1.29 is 4.79 Å². The van der Waals surface area contributed by atoms with Gasteiger partial charge in [0.2, 0.25) is 0 Å². The molecule has 0 spiro atoms. The van der Waals surface area contributed by atoms with E-state index < -0.39 is 0 Å². The van der Waals surface area contributed by atoms with Gasteiger partial charge in [0, 0.05) is 11.3 Å². The normalized spacial score (nSPS) is 10.9. The Labute approximate surface area is 152 Å². The van der Waals surface area contributed by atoms with Crippen LogP contribution in [0.1, 0.15) is 32.9 Å². The molecule has 0 aliphatic rings. The maximum atomic E-state index is 12.5. The second-order valence-electron chi connectivity index (χ2n) is 6.22. The molecule has 128 valence electrons. The van der Waals surface area contributed by atoms with Crippen LogP contribution in [0.25, 0.3) is 5.69 Å². The summed E-state index contributed by atoms with van der Waals surface area (Å²) >= 11 is 1.42. The summed E-state index contributed by atoms with van der Waals surface area (Å²) in [6.07, 6.45) is 0. The zero-order chi connectivity index (χ0) is 18.0. The van der Waals surface area contributed by atoms with E-state index in [2.05, 4.69) is 29.3 Å². The van der Waals surface area contributed by atoms with Gasteiger partial charge in [-0.3, -0.25) is 9.36 Å². The Kier molecular flexibility index (Phi) is 5.04. The number of aromatic nitrogens is 3. The van der Waals surface area contributed by atoms with Crippen LogP contribution in [-0.2, 0) is 0 Å². The molecular formula is C20H21N3OS. The number of hydrogen-bond donors (Lipinski definition) is 0. The molecule has 0 unspecified atom stereocenters. The highest BCUT2D eigenvalue weighted by Gasteiger charge is 2.14. The van der Waals surface area contributed by atoms with Crippen LogP contribution in [0.5, 0.6) is 0 Å². The standard InChI is InChI=1S/C20H21N3OS/c1-13-6-5-7-18(10-13)23-16(4)21-22-20(23)25-12-19(24)17-9-8-14(2)15(3)11-17/h5-11H,12H2,1-4H3. The third-order valence-corrected chi connectivity index (χ3v) is 5.15. The molecule has 5 heteroatoms. The fourth-order valence-electron chi connectivity index (χ4n) is 2.63. The van der Waals surface area contributed by atoms with Crippen molar-refractivity contribution in [3.05, 3.63) is 70.5 Å². The highest BCUT2D eigenvalue weighted by Crippen LogP contribution is 2.23. The van der Waals surface area contributed by atoms with Crippen LogP contribution in [0, 0.1) is 27.7 Å². The number of Topliss-reactive ketones (excluding diaryl/α,β-unsaturated/α-hetero) is 1. The number of nitrogens with zero attached hydrogens (tertiary/aromatic N) is 3. The second-order valence-corrected chi connectivity index (χ2v) is 7.16. The van der Waals surface area contributed by atoms with Crippen molar-refractivity contribution in [2.45, 2.75) is 32.9 Å². The van der Waals surface area contributed by atoms with Crippen LogP contribution in [0.2, 0.25) is 0 Å². The van der Waals surface area contributed by atoms with Crippen molar-refractivity contribution in [1.29, 1.82) is 0 Å². The summed E-state index contributed by atoms with van der Waals surface area (Å²) in [5.41, 5.74) is 5.26. The molecule has 0 aliphatic carbocycles. The molecule has 4 nitrogen and oxygen atoms in total. The van der Waals surface area contributed by atoms with Crippen molar-refractivity contribution in [3.63, 3.8) is 0 Å². The van der Waals surface area contributed by atoms with Gasteiger partial charge in [0.05, 0.1) is 5.75 Å². The number of carbonyl (C=O) groups excluding carboxylic acids is 1. The fourth-order valence-corrected chi connectivity index (χ4v) is 3.52. The Morgan fingerprint density at radius 2 is 1.80 bits per heavy atom. The molecule has 0 saturated heterocycles. The van der Waals surface area contributed by atoms with Gasteiger partial charge in [-0.1, -0.05) is 36.0 Å². The number of aryl methyl sites for hydroxylation is 4. The molecule has 3 aromatic rings. The van der Waals surface area contributed by atoms with Gasteiger partial charge in [-0.05, 0) is 62.6 Å². The minimum atomic E-state index is 0.101. The molecule has 0 bridgehead atoms. The van der Waals surface area contributed by atoms with E-state index in [-0.39, 0.29) is 5.78 Å². The van der Waals surface area contributed by atoms with Gasteiger partial charge in [-0.2, -0.15) is 0 Å². The molecule has 0 saturated carbocycles. The van der Waals surface area contributed by atoms with E-state index in [9.17, 15) is 4.79 Å². The summed E-state index contributed by atoms with van der Waals surface area (Å²) < 4.78 is 1.99. The Hall–Kier alpha value is -2.40. The van der Waals surface area contributed by atoms with Gasteiger partial charge in [0.15, 0.2) is 10.9 Å². The van der Waals surface area contributed by atoms with E-state index in [1.54, 1.807) is 0 Å². The van der Waals surface area contributed by atoms with Gasteiger partial charge in [0.25, 0.3) is 0 Å². The second kappa shape index (κ2) is 7.23. The van der Waals surface area contributed by atoms with Crippen LogP contribution >= 0.6 is 11.8 Å². The number of thioether (sulfide) groups is 1. The summed E-state index contributed by atoms with van der Waals surface area (Å²) in [4.78, 5) is 12.5. The number of benzene rings is 2. The predicted octanol–water partition coefficient (Wildman–Crippen LogP) is 4.48. The molecule has 0 aliphatic heterocycles. The van der Waals surface area contributed by atoms with Crippen LogP contribution in [0.3, 0.4) is 0 Å². The monoisotopic (exact) mass is 351 g/mol. The van der Waals surface area contributed by atoms with Crippen molar-refractivity contribution in [2.24, 2.45) is 0 Å². The predicted molar refractivity (Wildman–Crippen MR) is 102 cm³/mol. The number of carbonyl (C=O) groups is 1. The SMILES string of the molecule is Cc1cccc(-n2c(C)nnc2SCC(=O)c2ccc(C)c(C)c2)c1. The summed E-state index contributed by atoms with van der Waals surface area (Å²) in [5, 5.41) is 9.16. The third kappa shape index (κ3) is 3.82. The number of hydrogen-bond acceptors (Lipinski definition) is 4. The fraction of sp³-hybridized carbons (Fsp3) is 0.250. The molecule has 0 atom stereocenters. The Balaban J connectivity index is 1.80. The molecule has 1 aromatic heterocycles. The van der Waals surface area contributed by atoms with Crippen molar-refractivity contribution in [2.75, 3.05) is 5.75 Å². The first-order valence-corrected chi connectivity index (χ1v) is 9.16. The van der Waals surface area contributed by atoms with Crippen molar-refractivity contribution in [1.82, 2.24) is 14.8 Å². The maximum absolute atomic E-state index is 12.5. The highest BCUT2D eigenvalue weighted by molar-refractivity contribution is 7.99. The summed E-state index contributed by atoms with van der Waals surface area (Å²) in [6.45, 7) is 8.05. The van der Waals surface area contributed by atoms with Crippen LogP contribution in [-0.4, -0.2) is 26.3 Å². The van der Waals surface area contributed by atoms with Gasteiger partial charge >= 0.3 is 0 Å². The van der Waals surface area contributed by atoms with Gasteiger partial charge in [-0.25, -0.2) is 0 Å². The first kappa shape index (κ1) is 17.4. The Bertz CT molecular complexity index is 930. The third-order valence-electron chi connectivity index (χ3n) is 4.22. The molecule has 3 rings (SSSR count). The van der Waals surface area contributed by atoms with Gasteiger partial charge < -0.3 is 0 Å². The van der Waals surface area contributed by atoms with Crippen molar-refractivity contribution >= 4 is 17.5 Å². The van der Waals surface area contributed by atoms with Crippen molar-refractivity contribution in [3.8, 4) is 5.69 Å². The van der Waals surface area contributed by atoms with Crippen LogP contribution in [0.15, 0.2) is 47.6 Å². The number of rotatable bonds is 5. The molecular weight excluding hydrogens is 330 g/mol. The lowest BCUT2D eigenvalue weighted by Gasteiger charge is -2.09. The van der Waals surface area contributed by atoms with Crippen LogP contribution in [0.4, 0.5) is 0 Å². The van der Waals surface area contributed by atoms with E-state index >= 15 is 0 Å². The topological polar surface area (TPSA) is 47.8 Å². The quantitative estimate of drug-likeness (QED) is 0.502. The van der Waals surface area contributed by atoms with E-state index in [0.29, 0.717) is 5.75 Å². The zero-order valence-corrected chi connectivity index (χ0v) is 15.7. The number of ketones is 1. The molecule has 0 radical (unpaired) electrons. The first-order chi connectivity index (χ1) is 12.0. The van der Waals surface area contributed by atoms with E-state index in [1.165, 1.54) is 22.9 Å². The summed E-state index contributed by atoms with van der Waals surface area (Å²) in [7, 11) is 0. The van der Waals surface area contributed by atoms with Gasteiger partial charge in [0.1, 0.15) is 5.82 Å². The van der Waals surface area contributed by atoms with Gasteiger partial charge in [-0.15, -0.1) is 10.2 Å². The average molecular weight is 351 g/mol. The van der Waals surface area contributed by atoms with E-state index in [4.69, 9.17) is 0 Å². The van der Waals surface area contributed by atoms with Crippen LogP contribution < -0.4 is 0 Å². The molecule has 25 heavy (non-hydrogen) atoms. The summed E-state index contributed by atoms with van der Waals surface area (Å²) in [5.74, 6) is 1.25. The first-order valence-electron chi connectivity index (χ1n) is 8.18. The average Bonchev–Trinajstić information content (AvgIpc) is 2.96.